The number of benzene rings is 2. The zero-order valence-electron chi connectivity index (χ0n) is 10.9. The molecule has 3 rings (SSSR count). The fraction of sp³-hybridized carbons (Fsp3) is 0.200. The van der Waals surface area contributed by atoms with E-state index in [1.165, 1.54) is 12.1 Å². The van der Waals surface area contributed by atoms with Gasteiger partial charge in [0.05, 0.1) is 0 Å². The maximum Gasteiger partial charge on any atom is 0.231 e. The highest BCUT2D eigenvalue weighted by molar-refractivity contribution is 5.49. The van der Waals surface area contributed by atoms with Crippen LogP contribution in [0.25, 0.3) is 0 Å². The van der Waals surface area contributed by atoms with E-state index < -0.39 is 0 Å². The second-order valence-corrected chi connectivity index (χ2v) is 4.59. The van der Waals surface area contributed by atoms with Gasteiger partial charge in [0.2, 0.25) is 6.79 Å². The molecule has 20 heavy (non-hydrogen) atoms. The van der Waals surface area contributed by atoms with E-state index in [1.54, 1.807) is 31.2 Å². The second kappa shape index (κ2) is 5.02. The molecule has 1 atom stereocenters. The number of fused-ring (bicyclic) bond motifs is 1. The van der Waals surface area contributed by atoms with Gasteiger partial charge < -0.3 is 19.9 Å². The van der Waals surface area contributed by atoms with Crippen molar-refractivity contribution < 1.29 is 18.6 Å². The SMILES string of the molecule is C[C@@H](N)c1cc(F)ccc1Oc1ccc2c(c1)OCO2. The summed E-state index contributed by atoms with van der Waals surface area (Å²) in [6.45, 7) is 1.99. The van der Waals surface area contributed by atoms with Crippen LogP contribution >= 0.6 is 0 Å². The molecular formula is C15H14FNO3. The molecule has 0 aromatic heterocycles. The molecule has 4 nitrogen and oxygen atoms in total. The number of nitrogens with two attached hydrogens (primary N) is 1. The molecule has 0 aliphatic carbocycles. The molecule has 5 heteroatoms. The van der Waals surface area contributed by atoms with Gasteiger partial charge in [0.1, 0.15) is 17.3 Å². The fourth-order valence-corrected chi connectivity index (χ4v) is 2.04. The van der Waals surface area contributed by atoms with Gasteiger partial charge in [-0.3, -0.25) is 0 Å². The van der Waals surface area contributed by atoms with Crippen molar-refractivity contribution in [3.8, 4) is 23.0 Å². The Balaban J connectivity index is 1.91. The third kappa shape index (κ3) is 2.40. The van der Waals surface area contributed by atoms with E-state index in [4.69, 9.17) is 19.9 Å². The summed E-state index contributed by atoms with van der Waals surface area (Å²) in [7, 11) is 0. The van der Waals surface area contributed by atoms with Crippen molar-refractivity contribution in [2.45, 2.75) is 13.0 Å². The maximum absolute atomic E-state index is 13.3. The number of rotatable bonds is 3. The molecule has 1 aliphatic heterocycles. The first-order chi connectivity index (χ1) is 9.63. The topological polar surface area (TPSA) is 53.7 Å². The van der Waals surface area contributed by atoms with Crippen LogP contribution in [0, 0.1) is 5.82 Å². The molecule has 2 N–H and O–H groups in total. The second-order valence-electron chi connectivity index (χ2n) is 4.59. The Hall–Kier alpha value is -2.27. The van der Waals surface area contributed by atoms with Crippen LogP contribution in [0.3, 0.4) is 0 Å². The summed E-state index contributed by atoms with van der Waals surface area (Å²) in [5.74, 6) is 2.09. The lowest BCUT2D eigenvalue weighted by Crippen LogP contribution is -2.07. The molecule has 0 radical (unpaired) electrons. The highest BCUT2D eigenvalue weighted by atomic mass is 19.1. The molecular weight excluding hydrogens is 261 g/mol. The number of hydrogen-bond donors (Lipinski definition) is 1. The highest BCUT2D eigenvalue weighted by Gasteiger charge is 2.15. The van der Waals surface area contributed by atoms with Crippen molar-refractivity contribution in [2.24, 2.45) is 5.73 Å². The van der Waals surface area contributed by atoms with Crippen molar-refractivity contribution in [1.82, 2.24) is 0 Å². The third-order valence-electron chi connectivity index (χ3n) is 3.03. The van der Waals surface area contributed by atoms with Crippen LogP contribution in [-0.2, 0) is 0 Å². The van der Waals surface area contributed by atoms with Gasteiger partial charge in [-0.2, -0.15) is 0 Å². The van der Waals surface area contributed by atoms with Gasteiger partial charge in [-0.1, -0.05) is 0 Å². The maximum atomic E-state index is 13.3. The van der Waals surface area contributed by atoms with E-state index in [0.29, 0.717) is 28.6 Å². The Morgan fingerprint density at radius 1 is 1.15 bits per heavy atom. The van der Waals surface area contributed by atoms with E-state index >= 15 is 0 Å². The first-order valence-corrected chi connectivity index (χ1v) is 6.26. The van der Waals surface area contributed by atoms with Crippen LogP contribution in [0.2, 0.25) is 0 Å². The molecule has 0 saturated carbocycles. The van der Waals surface area contributed by atoms with Crippen molar-refractivity contribution in [2.75, 3.05) is 6.79 Å². The lowest BCUT2D eigenvalue weighted by molar-refractivity contribution is 0.174. The molecule has 0 amide bonds. The Morgan fingerprint density at radius 3 is 2.75 bits per heavy atom. The molecule has 104 valence electrons. The van der Waals surface area contributed by atoms with Crippen molar-refractivity contribution >= 4 is 0 Å². The van der Waals surface area contributed by atoms with Crippen molar-refractivity contribution in [3.63, 3.8) is 0 Å². The van der Waals surface area contributed by atoms with Gasteiger partial charge in [-0.05, 0) is 37.3 Å². The summed E-state index contributed by atoms with van der Waals surface area (Å²) in [6.07, 6.45) is 0. The molecule has 2 aromatic rings. The Morgan fingerprint density at radius 2 is 1.95 bits per heavy atom. The summed E-state index contributed by atoms with van der Waals surface area (Å²) in [5, 5.41) is 0. The zero-order valence-corrected chi connectivity index (χ0v) is 10.9. The summed E-state index contributed by atoms with van der Waals surface area (Å²) < 4.78 is 29.6. The minimum atomic E-state index is -0.338. The Labute approximate surface area is 115 Å². The van der Waals surface area contributed by atoms with Crippen LogP contribution in [0.15, 0.2) is 36.4 Å². The average Bonchev–Trinajstić information content (AvgIpc) is 2.88. The van der Waals surface area contributed by atoms with Gasteiger partial charge in [0.15, 0.2) is 11.5 Å². The lowest BCUT2D eigenvalue weighted by Gasteiger charge is -2.14. The van der Waals surface area contributed by atoms with E-state index in [1.807, 2.05) is 0 Å². The van der Waals surface area contributed by atoms with Crippen LogP contribution in [0.5, 0.6) is 23.0 Å². The lowest BCUT2D eigenvalue weighted by atomic mass is 10.1. The molecule has 0 unspecified atom stereocenters. The van der Waals surface area contributed by atoms with E-state index in [0.717, 1.165) is 0 Å². The monoisotopic (exact) mass is 275 g/mol. The molecule has 1 aliphatic rings. The standard InChI is InChI=1S/C15H14FNO3/c1-9(17)12-6-10(16)2-4-13(12)20-11-3-5-14-15(7-11)19-8-18-14/h2-7,9H,8,17H2,1H3/t9-/m1/s1. The molecule has 0 spiro atoms. The van der Waals surface area contributed by atoms with Crippen LogP contribution in [-0.4, -0.2) is 6.79 Å². The van der Waals surface area contributed by atoms with Crippen LogP contribution in [0.1, 0.15) is 18.5 Å². The summed E-state index contributed by atoms with van der Waals surface area (Å²) in [5.41, 5.74) is 6.45. The Bertz CT molecular complexity index is 643. The molecule has 0 fully saturated rings. The zero-order chi connectivity index (χ0) is 14.1. The molecule has 0 bridgehead atoms. The predicted molar refractivity (Wildman–Crippen MR) is 71.6 cm³/mol. The number of hydrogen-bond acceptors (Lipinski definition) is 4. The first kappa shape index (κ1) is 12.7. The van der Waals surface area contributed by atoms with Crippen molar-refractivity contribution in [3.05, 3.63) is 47.8 Å². The van der Waals surface area contributed by atoms with Gasteiger partial charge >= 0.3 is 0 Å². The summed E-state index contributed by atoms with van der Waals surface area (Å²) in [4.78, 5) is 0. The minimum Gasteiger partial charge on any atom is -0.457 e. The fourth-order valence-electron chi connectivity index (χ4n) is 2.04. The summed E-state index contributed by atoms with van der Waals surface area (Å²) in [6, 6.07) is 9.24. The van der Waals surface area contributed by atoms with Gasteiger partial charge in [-0.15, -0.1) is 0 Å². The average molecular weight is 275 g/mol. The molecule has 0 saturated heterocycles. The predicted octanol–water partition coefficient (Wildman–Crippen LogP) is 3.37. The quantitative estimate of drug-likeness (QED) is 0.933. The minimum absolute atomic E-state index is 0.209. The largest absolute Gasteiger partial charge is 0.457 e. The van der Waals surface area contributed by atoms with Crippen molar-refractivity contribution in [1.29, 1.82) is 0 Å². The van der Waals surface area contributed by atoms with Crippen LogP contribution < -0.4 is 19.9 Å². The van der Waals surface area contributed by atoms with E-state index in [9.17, 15) is 4.39 Å². The number of ether oxygens (including phenoxy) is 3. The molecule has 1 heterocycles. The van der Waals surface area contributed by atoms with E-state index in [2.05, 4.69) is 0 Å². The Kier molecular flexibility index (Phi) is 3.20. The normalized spacial score (nSPS) is 14.2. The smallest absolute Gasteiger partial charge is 0.231 e. The highest BCUT2D eigenvalue weighted by Crippen LogP contribution is 2.37. The van der Waals surface area contributed by atoms with Gasteiger partial charge in [0.25, 0.3) is 0 Å². The first-order valence-electron chi connectivity index (χ1n) is 6.26. The summed E-state index contributed by atoms with van der Waals surface area (Å²) >= 11 is 0. The number of halogens is 1. The van der Waals surface area contributed by atoms with Gasteiger partial charge in [0, 0.05) is 17.7 Å². The van der Waals surface area contributed by atoms with Gasteiger partial charge in [-0.25, -0.2) is 4.39 Å². The van der Waals surface area contributed by atoms with E-state index in [-0.39, 0.29) is 18.7 Å². The third-order valence-corrected chi connectivity index (χ3v) is 3.03. The molecule has 2 aromatic carbocycles. The van der Waals surface area contributed by atoms with Crippen LogP contribution in [0.4, 0.5) is 4.39 Å².